The summed E-state index contributed by atoms with van der Waals surface area (Å²) in [7, 11) is 1.78. The monoisotopic (exact) mass is 533 g/mol. The molecule has 3 N–H and O–H groups in total. The molecule has 0 radical (unpaired) electrons. The summed E-state index contributed by atoms with van der Waals surface area (Å²) in [5.74, 6) is 1.99. The topological polar surface area (TPSA) is 141 Å². The van der Waals surface area contributed by atoms with Crippen LogP contribution in [0.5, 0.6) is 5.75 Å². The zero-order chi connectivity index (χ0) is 26.8. The van der Waals surface area contributed by atoms with Crippen molar-refractivity contribution in [2.45, 2.75) is 6.61 Å². The number of rotatable bonds is 9. The Hall–Kier alpha value is -4.72. The maximum absolute atomic E-state index is 14.9. The second-order valence-corrected chi connectivity index (χ2v) is 9.17. The SMILES string of the molecule is Cn1cnc(COc2ccc(N3CCN(CCNc4nc(N)n5nc(-c6ccco6)cc5n4)CC3)c(F)c2)n1. The molecule has 0 atom stereocenters. The van der Waals surface area contributed by atoms with Crippen molar-refractivity contribution in [3.8, 4) is 17.2 Å². The molecule has 0 aliphatic carbocycles. The number of benzene rings is 1. The molecule has 4 aromatic heterocycles. The summed E-state index contributed by atoms with van der Waals surface area (Å²) in [5, 5.41) is 11.8. The van der Waals surface area contributed by atoms with E-state index in [0.29, 0.717) is 46.9 Å². The summed E-state index contributed by atoms with van der Waals surface area (Å²) in [5.41, 5.74) is 7.88. The van der Waals surface area contributed by atoms with Gasteiger partial charge in [-0.1, -0.05) is 0 Å². The summed E-state index contributed by atoms with van der Waals surface area (Å²) in [4.78, 5) is 17.3. The molecule has 0 saturated carbocycles. The molecule has 202 valence electrons. The van der Waals surface area contributed by atoms with Gasteiger partial charge in [0.05, 0.1) is 12.0 Å². The van der Waals surface area contributed by atoms with Gasteiger partial charge in [-0.25, -0.2) is 9.37 Å². The summed E-state index contributed by atoms with van der Waals surface area (Å²) in [6.45, 7) is 4.66. The number of fused-ring (bicyclic) bond motifs is 1. The van der Waals surface area contributed by atoms with E-state index >= 15 is 0 Å². The van der Waals surface area contributed by atoms with Crippen LogP contribution >= 0.6 is 0 Å². The molecule has 1 aliphatic heterocycles. The van der Waals surface area contributed by atoms with Crippen LogP contribution in [-0.2, 0) is 13.7 Å². The lowest BCUT2D eigenvalue weighted by atomic mass is 10.2. The Kier molecular flexibility index (Phi) is 6.67. The summed E-state index contributed by atoms with van der Waals surface area (Å²) >= 11 is 0. The number of nitrogen functional groups attached to an aromatic ring is 1. The minimum absolute atomic E-state index is 0.187. The number of aromatic nitrogens is 7. The third kappa shape index (κ3) is 5.45. The summed E-state index contributed by atoms with van der Waals surface area (Å²) in [6, 6.07) is 10.4. The van der Waals surface area contributed by atoms with Crippen molar-refractivity contribution in [3.63, 3.8) is 0 Å². The second kappa shape index (κ2) is 10.6. The highest BCUT2D eigenvalue weighted by atomic mass is 19.1. The molecule has 5 aromatic rings. The molecule has 1 fully saturated rings. The van der Waals surface area contributed by atoms with Gasteiger partial charge in [-0.3, -0.25) is 9.58 Å². The van der Waals surface area contributed by atoms with Gasteiger partial charge in [0.25, 0.3) is 0 Å². The number of furan rings is 1. The normalized spacial score (nSPS) is 14.3. The highest BCUT2D eigenvalue weighted by Gasteiger charge is 2.20. The molecule has 13 nitrogen and oxygen atoms in total. The summed E-state index contributed by atoms with van der Waals surface area (Å²) < 4.78 is 29.0. The van der Waals surface area contributed by atoms with Crippen molar-refractivity contribution in [3.05, 3.63) is 60.6 Å². The zero-order valence-electron chi connectivity index (χ0n) is 21.4. The van der Waals surface area contributed by atoms with Crippen LogP contribution in [0.3, 0.4) is 0 Å². The number of ether oxygens (including phenoxy) is 1. The number of hydrogen-bond acceptors (Lipinski definition) is 11. The Morgan fingerprint density at radius 2 is 1.97 bits per heavy atom. The van der Waals surface area contributed by atoms with E-state index in [2.05, 4.69) is 40.3 Å². The van der Waals surface area contributed by atoms with E-state index < -0.39 is 0 Å². The van der Waals surface area contributed by atoms with Crippen molar-refractivity contribution in [1.29, 1.82) is 0 Å². The van der Waals surface area contributed by atoms with Crippen LogP contribution in [0.1, 0.15) is 5.82 Å². The molecule has 0 spiro atoms. The average molecular weight is 534 g/mol. The maximum atomic E-state index is 14.9. The molecular formula is C25H28FN11O2. The second-order valence-electron chi connectivity index (χ2n) is 9.17. The third-order valence-corrected chi connectivity index (χ3v) is 6.48. The van der Waals surface area contributed by atoms with Gasteiger partial charge in [-0.05, 0) is 24.3 Å². The van der Waals surface area contributed by atoms with Crippen molar-refractivity contribution in [1.82, 2.24) is 39.2 Å². The van der Waals surface area contributed by atoms with Crippen molar-refractivity contribution < 1.29 is 13.5 Å². The fourth-order valence-corrected chi connectivity index (χ4v) is 4.50. The molecule has 39 heavy (non-hydrogen) atoms. The lowest BCUT2D eigenvalue weighted by molar-refractivity contribution is 0.266. The number of nitrogens with zero attached hydrogens (tertiary/aromatic N) is 9. The smallest absolute Gasteiger partial charge is 0.228 e. The predicted octanol–water partition coefficient (Wildman–Crippen LogP) is 2.05. The standard InChI is InChI=1S/C25H28FN11O2/c1-34-16-29-22(33-34)15-39-17-4-5-20(18(26)13-17)36-10-8-35(9-11-36)7-6-28-25-30-23-14-19(21-3-2-12-38-21)32-37(23)24(27)31-25/h2-5,12-14,16H,6-11,15H2,1H3,(H3,27,28,30,31). The van der Waals surface area contributed by atoms with Gasteiger partial charge in [-0.2, -0.15) is 24.7 Å². The van der Waals surface area contributed by atoms with E-state index in [4.69, 9.17) is 14.9 Å². The average Bonchev–Trinajstić information content (AvgIpc) is 3.69. The Bertz CT molecular complexity index is 1560. The van der Waals surface area contributed by atoms with Gasteiger partial charge in [0.2, 0.25) is 11.9 Å². The number of aryl methyl sites for hydroxylation is 1. The van der Waals surface area contributed by atoms with Crippen LogP contribution < -0.4 is 20.7 Å². The maximum Gasteiger partial charge on any atom is 0.228 e. The highest BCUT2D eigenvalue weighted by Crippen LogP contribution is 2.26. The molecule has 1 aliphatic rings. The van der Waals surface area contributed by atoms with Crippen LogP contribution in [-0.4, -0.2) is 78.5 Å². The third-order valence-electron chi connectivity index (χ3n) is 6.48. The van der Waals surface area contributed by atoms with Gasteiger partial charge in [-0.15, -0.1) is 0 Å². The van der Waals surface area contributed by atoms with E-state index in [1.54, 1.807) is 48.6 Å². The predicted molar refractivity (Wildman–Crippen MR) is 142 cm³/mol. The van der Waals surface area contributed by atoms with Gasteiger partial charge in [0.15, 0.2) is 17.2 Å². The van der Waals surface area contributed by atoms with E-state index in [1.165, 1.54) is 10.6 Å². The highest BCUT2D eigenvalue weighted by molar-refractivity contribution is 5.61. The first-order valence-corrected chi connectivity index (χ1v) is 12.6. The minimum Gasteiger partial charge on any atom is -0.485 e. The molecule has 5 heterocycles. The number of hydrogen-bond donors (Lipinski definition) is 2. The zero-order valence-corrected chi connectivity index (χ0v) is 21.4. The van der Waals surface area contributed by atoms with Crippen molar-refractivity contribution in [2.24, 2.45) is 7.05 Å². The van der Waals surface area contributed by atoms with Gasteiger partial charge in [0, 0.05) is 58.4 Å². The van der Waals surface area contributed by atoms with E-state index in [-0.39, 0.29) is 18.4 Å². The minimum atomic E-state index is -0.309. The van der Waals surface area contributed by atoms with E-state index in [0.717, 1.165) is 32.7 Å². The first-order chi connectivity index (χ1) is 19.0. The van der Waals surface area contributed by atoms with Gasteiger partial charge in [0.1, 0.15) is 30.2 Å². The number of nitrogens with one attached hydrogen (secondary N) is 1. The molecule has 1 saturated heterocycles. The van der Waals surface area contributed by atoms with Crippen LogP contribution in [0.4, 0.5) is 22.0 Å². The largest absolute Gasteiger partial charge is 0.485 e. The number of anilines is 3. The molecule has 0 bridgehead atoms. The molecule has 14 heteroatoms. The number of halogens is 1. The first kappa shape index (κ1) is 24.6. The lowest BCUT2D eigenvalue weighted by Gasteiger charge is -2.36. The molecule has 1 aromatic carbocycles. The quantitative estimate of drug-likeness (QED) is 0.288. The van der Waals surface area contributed by atoms with Gasteiger partial charge >= 0.3 is 0 Å². The van der Waals surface area contributed by atoms with Crippen LogP contribution in [0.25, 0.3) is 17.1 Å². The Balaban J connectivity index is 0.988. The Morgan fingerprint density at radius 3 is 2.72 bits per heavy atom. The number of nitrogens with two attached hydrogens (primary N) is 1. The fraction of sp³-hybridized carbons (Fsp3) is 0.320. The molecular weight excluding hydrogens is 505 g/mol. The van der Waals surface area contributed by atoms with E-state index in [9.17, 15) is 4.39 Å². The lowest BCUT2D eigenvalue weighted by Crippen LogP contribution is -2.48. The fourth-order valence-electron chi connectivity index (χ4n) is 4.50. The van der Waals surface area contributed by atoms with Crippen molar-refractivity contribution in [2.75, 3.05) is 55.2 Å². The Labute approximate surface area is 223 Å². The molecule has 6 rings (SSSR count). The molecule has 0 amide bonds. The van der Waals surface area contributed by atoms with Crippen LogP contribution in [0.2, 0.25) is 0 Å². The molecule has 0 unspecified atom stereocenters. The van der Waals surface area contributed by atoms with Crippen LogP contribution in [0.15, 0.2) is 53.4 Å². The van der Waals surface area contributed by atoms with Crippen molar-refractivity contribution >= 4 is 23.2 Å². The van der Waals surface area contributed by atoms with Crippen LogP contribution in [0, 0.1) is 5.82 Å². The van der Waals surface area contributed by atoms with E-state index in [1.807, 2.05) is 6.07 Å². The number of piperazine rings is 1. The Morgan fingerprint density at radius 1 is 1.10 bits per heavy atom. The van der Waals surface area contributed by atoms with Gasteiger partial charge < -0.3 is 25.1 Å². The summed E-state index contributed by atoms with van der Waals surface area (Å²) in [6.07, 6.45) is 3.19. The first-order valence-electron chi connectivity index (χ1n) is 12.6.